The van der Waals surface area contributed by atoms with E-state index < -0.39 is 29.7 Å². The summed E-state index contributed by atoms with van der Waals surface area (Å²) in [5, 5.41) is 8.50. The molecule has 0 aromatic heterocycles. The molecule has 4 atom stereocenters. The predicted molar refractivity (Wildman–Crippen MR) is 137 cm³/mol. The number of carbonyl (C=O) groups excluding carboxylic acids is 3. The van der Waals surface area contributed by atoms with Crippen LogP contribution in [0, 0.1) is 0 Å². The molecule has 3 amide bonds. The van der Waals surface area contributed by atoms with E-state index in [-0.39, 0.29) is 24.7 Å². The van der Waals surface area contributed by atoms with Gasteiger partial charge in [0.1, 0.15) is 29.5 Å². The molecule has 1 aromatic carbocycles. The van der Waals surface area contributed by atoms with Crippen molar-refractivity contribution in [2.45, 2.75) is 89.6 Å². The van der Waals surface area contributed by atoms with E-state index in [2.05, 4.69) is 16.0 Å². The molecule has 0 spiro atoms. The average Bonchev–Trinajstić information content (AvgIpc) is 3.67. The lowest BCUT2D eigenvalue weighted by atomic mass is 10.0. The SMILES string of the molecule is CCCOC[C@@H]1NC(=O)[C@@H](NC(=O)OC(C)(C)C)CCCCOc2ccc(cc2)C[C@@H]([C@H]2CO2)NC1=O. The standard InChI is InChI=1S/C27H41N3O7/c1-5-13-34-16-22-25(32)28-21(23-17-36-23)15-18-9-11-19(12-10-18)35-14-7-6-8-20(24(31)29-22)30-26(33)37-27(2,3)4/h9-12,20-23H,5-8,13-17H2,1-4H3,(H,28,32)(H,29,31)(H,30,33)/t20-,21-,22-,23+/m0/s1. The molecule has 4 rings (SSSR count). The van der Waals surface area contributed by atoms with E-state index >= 15 is 0 Å². The summed E-state index contributed by atoms with van der Waals surface area (Å²) in [7, 11) is 0. The summed E-state index contributed by atoms with van der Waals surface area (Å²) in [5.74, 6) is -0.0707. The number of rotatable bonds is 6. The molecular formula is C27H41N3O7. The van der Waals surface area contributed by atoms with Crippen molar-refractivity contribution < 1.29 is 33.3 Å². The van der Waals surface area contributed by atoms with Crippen LogP contribution in [0.25, 0.3) is 0 Å². The average molecular weight is 520 g/mol. The number of amides is 3. The normalized spacial score (nSPS) is 25.3. The van der Waals surface area contributed by atoms with Gasteiger partial charge in [-0.25, -0.2) is 4.79 Å². The van der Waals surface area contributed by atoms with Crippen LogP contribution in [0.2, 0.25) is 0 Å². The fourth-order valence-electron chi connectivity index (χ4n) is 3.98. The maximum atomic E-state index is 13.3. The zero-order valence-corrected chi connectivity index (χ0v) is 22.3. The van der Waals surface area contributed by atoms with Crippen LogP contribution in [0.3, 0.4) is 0 Å². The van der Waals surface area contributed by atoms with Crippen LogP contribution < -0.4 is 20.7 Å². The highest BCUT2D eigenvalue weighted by Gasteiger charge is 2.36. The van der Waals surface area contributed by atoms with Crippen molar-refractivity contribution in [2.24, 2.45) is 0 Å². The van der Waals surface area contributed by atoms with Crippen molar-refractivity contribution in [3.63, 3.8) is 0 Å². The van der Waals surface area contributed by atoms with E-state index in [4.69, 9.17) is 18.9 Å². The molecule has 1 aromatic rings. The van der Waals surface area contributed by atoms with Gasteiger partial charge in [-0.3, -0.25) is 9.59 Å². The van der Waals surface area contributed by atoms with Gasteiger partial charge in [0.2, 0.25) is 11.8 Å². The molecule has 37 heavy (non-hydrogen) atoms. The number of ether oxygens (including phenoxy) is 4. The molecule has 206 valence electrons. The van der Waals surface area contributed by atoms with Crippen LogP contribution in [0.4, 0.5) is 4.79 Å². The first-order valence-corrected chi connectivity index (χ1v) is 13.2. The Hall–Kier alpha value is -2.85. The zero-order valence-electron chi connectivity index (χ0n) is 22.3. The molecule has 10 heteroatoms. The first kappa shape index (κ1) is 28.7. The lowest BCUT2D eigenvalue weighted by Gasteiger charge is -2.26. The van der Waals surface area contributed by atoms with E-state index in [0.717, 1.165) is 17.7 Å². The van der Waals surface area contributed by atoms with Gasteiger partial charge >= 0.3 is 6.09 Å². The first-order chi connectivity index (χ1) is 17.6. The lowest BCUT2D eigenvalue weighted by Crippen LogP contribution is -2.57. The lowest BCUT2D eigenvalue weighted by molar-refractivity contribution is -0.132. The summed E-state index contributed by atoms with van der Waals surface area (Å²) in [6, 6.07) is 5.74. The fourth-order valence-corrected chi connectivity index (χ4v) is 3.98. The molecule has 3 aliphatic heterocycles. The number of epoxide rings is 1. The molecule has 2 bridgehead atoms. The van der Waals surface area contributed by atoms with Gasteiger partial charge < -0.3 is 34.9 Å². The largest absolute Gasteiger partial charge is 0.494 e. The summed E-state index contributed by atoms with van der Waals surface area (Å²) in [4.78, 5) is 39.1. The van der Waals surface area contributed by atoms with Gasteiger partial charge in [0.15, 0.2) is 0 Å². The second-order valence-corrected chi connectivity index (χ2v) is 10.5. The third-order valence-electron chi connectivity index (χ3n) is 5.94. The van der Waals surface area contributed by atoms with Gasteiger partial charge in [-0.15, -0.1) is 0 Å². The van der Waals surface area contributed by atoms with E-state index in [0.29, 0.717) is 45.5 Å². The van der Waals surface area contributed by atoms with Gasteiger partial charge in [0.05, 0.1) is 25.9 Å². The maximum absolute atomic E-state index is 13.3. The van der Waals surface area contributed by atoms with Crippen molar-refractivity contribution in [3.05, 3.63) is 29.8 Å². The van der Waals surface area contributed by atoms with Gasteiger partial charge in [0.25, 0.3) is 0 Å². The van der Waals surface area contributed by atoms with Crippen LogP contribution in [0.1, 0.15) is 58.9 Å². The van der Waals surface area contributed by atoms with Crippen LogP contribution in [0.5, 0.6) is 5.75 Å². The molecule has 1 fully saturated rings. The van der Waals surface area contributed by atoms with Gasteiger partial charge in [-0.1, -0.05) is 19.1 Å². The third-order valence-corrected chi connectivity index (χ3v) is 5.94. The summed E-state index contributed by atoms with van der Waals surface area (Å²) < 4.78 is 22.3. The summed E-state index contributed by atoms with van der Waals surface area (Å²) >= 11 is 0. The van der Waals surface area contributed by atoms with Crippen molar-refractivity contribution in [1.82, 2.24) is 16.0 Å². The van der Waals surface area contributed by atoms with Crippen molar-refractivity contribution in [1.29, 1.82) is 0 Å². The second kappa shape index (κ2) is 13.6. The smallest absolute Gasteiger partial charge is 0.408 e. The van der Waals surface area contributed by atoms with E-state index in [1.807, 2.05) is 31.2 Å². The Bertz CT molecular complexity index is 896. The molecule has 0 radical (unpaired) electrons. The minimum atomic E-state index is -0.926. The summed E-state index contributed by atoms with van der Waals surface area (Å²) in [5.41, 5.74) is 0.332. The number of hydrogen-bond donors (Lipinski definition) is 3. The molecule has 0 unspecified atom stereocenters. The minimum Gasteiger partial charge on any atom is -0.494 e. The third kappa shape index (κ3) is 10.2. The number of carbonyl (C=O) groups is 3. The molecule has 0 aliphatic carbocycles. The van der Waals surface area contributed by atoms with Gasteiger partial charge in [-0.05, 0) is 70.6 Å². The molecule has 10 nitrogen and oxygen atoms in total. The molecular weight excluding hydrogens is 478 g/mol. The monoisotopic (exact) mass is 519 g/mol. The minimum absolute atomic E-state index is 0.0192. The van der Waals surface area contributed by atoms with Crippen molar-refractivity contribution >= 4 is 17.9 Å². The number of benzene rings is 1. The Morgan fingerprint density at radius 1 is 1.11 bits per heavy atom. The van der Waals surface area contributed by atoms with E-state index in [1.165, 1.54) is 0 Å². The molecule has 3 N–H and O–H groups in total. The second-order valence-electron chi connectivity index (χ2n) is 10.5. The predicted octanol–water partition coefficient (Wildman–Crippen LogP) is 2.48. The Balaban J connectivity index is 1.79. The molecule has 3 heterocycles. The van der Waals surface area contributed by atoms with Gasteiger partial charge in [-0.2, -0.15) is 0 Å². The van der Waals surface area contributed by atoms with E-state index in [9.17, 15) is 14.4 Å². The fraction of sp³-hybridized carbons (Fsp3) is 0.667. The Labute approximate surface area is 219 Å². The summed E-state index contributed by atoms with van der Waals surface area (Å²) in [6.45, 7) is 8.75. The Kier molecular flexibility index (Phi) is 10.6. The van der Waals surface area contributed by atoms with Crippen molar-refractivity contribution in [3.8, 4) is 5.75 Å². The van der Waals surface area contributed by atoms with E-state index in [1.54, 1.807) is 20.8 Å². The molecule has 3 aliphatic rings. The van der Waals surface area contributed by atoms with Crippen LogP contribution in [0.15, 0.2) is 24.3 Å². The topological polar surface area (TPSA) is 128 Å². The number of nitrogens with one attached hydrogen (secondary N) is 3. The Morgan fingerprint density at radius 2 is 1.84 bits per heavy atom. The quantitative estimate of drug-likeness (QED) is 0.389. The number of fused-ring (bicyclic) bond motifs is 14. The van der Waals surface area contributed by atoms with Crippen LogP contribution >= 0.6 is 0 Å². The number of hydrogen-bond acceptors (Lipinski definition) is 7. The van der Waals surface area contributed by atoms with Gasteiger partial charge in [0, 0.05) is 6.61 Å². The maximum Gasteiger partial charge on any atom is 0.408 e. The first-order valence-electron chi connectivity index (χ1n) is 13.2. The van der Waals surface area contributed by atoms with Crippen LogP contribution in [-0.2, 0) is 30.2 Å². The highest BCUT2D eigenvalue weighted by atomic mass is 16.6. The number of alkyl carbamates (subject to hydrolysis) is 1. The highest BCUT2D eigenvalue weighted by Crippen LogP contribution is 2.21. The van der Waals surface area contributed by atoms with Crippen molar-refractivity contribution in [2.75, 3.05) is 26.4 Å². The summed E-state index contributed by atoms with van der Waals surface area (Å²) in [6.07, 6.45) is 2.25. The Morgan fingerprint density at radius 3 is 2.49 bits per heavy atom. The zero-order chi connectivity index (χ0) is 26.8. The molecule has 1 saturated heterocycles. The van der Waals surface area contributed by atoms with Crippen LogP contribution in [-0.4, -0.2) is 74.2 Å². The molecule has 0 saturated carbocycles. The highest BCUT2D eigenvalue weighted by molar-refractivity contribution is 5.91.